The van der Waals surface area contributed by atoms with Gasteiger partial charge in [-0.05, 0) is 6.42 Å². The molecule has 0 spiro atoms. The Balaban J connectivity index is 1.55. The first-order chi connectivity index (χ1) is 9.83. The number of aromatic amines is 2. The van der Waals surface area contributed by atoms with E-state index in [1.54, 1.807) is 0 Å². The van der Waals surface area contributed by atoms with Gasteiger partial charge in [0.05, 0.1) is 6.54 Å². The summed E-state index contributed by atoms with van der Waals surface area (Å²) in [5.41, 5.74) is -0.280. The van der Waals surface area contributed by atoms with Gasteiger partial charge in [0, 0.05) is 13.0 Å². The van der Waals surface area contributed by atoms with Crippen LogP contribution in [0.2, 0.25) is 0 Å². The minimum atomic E-state index is -0.280. The summed E-state index contributed by atoms with van der Waals surface area (Å²) in [6, 6.07) is 0. The van der Waals surface area contributed by atoms with Gasteiger partial charge in [-0.15, -0.1) is 0 Å². The Morgan fingerprint density at radius 2 is 2.35 bits per heavy atom. The largest absolute Gasteiger partial charge is 0.485 e. The van der Waals surface area contributed by atoms with Crippen molar-refractivity contribution in [1.29, 1.82) is 0 Å². The third kappa shape index (κ3) is 2.71. The number of nitrogens with zero attached hydrogens (tertiary/aromatic N) is 3. The molecule has 0 unspecified atom stereocenters. The fraction of sp³-hybridized carbons (Fsp3) is 0.455. The van der Waals surface area contributed by atoms with E-state index in [0.29, 0.717) is 42.8 Å². The van der Waals surface area contributed by atoms with Crippen LogP contribution < -0.4 is 21.1 Å². The fourth-order valence-electron chi connectivity index (χ4n) is 1.97. The lowest BCUT2D eigenvalue weighted by Gasteiger charge is -2.20. The Morgan fingerprint density at radius 1 is 1.40 bits per heavy atom. The molecule has 0 fully saturated rings. The van der Waals surface area contributed by atoms with Crippen molar-refractivity contribution < 1.29 is 4.74 Å². The number of ether oxygens (including phenoxy) is 1. The van der Waals surface area contributed by atoms with Crippen molar-refractivity contribution in [2.75, 3.05) is 30.3 Å². The molecular formula is C11H15N7O2. The Morgan fingerprint density at radius 3 is 3.20 bits per heavy atom. The number of H-pyrrole nitrogens is 2. The molecule has 0 atom stereocenters. The molecule has 3 heterocycles. The molecule has 0 radical (unpaired) electrons. The Hall–Kier alpha value is -2.58. The van der Waals surface area contributed by atoms with E-state index in [4.69, 9.17) is 4.74 Å². The van der Waals surface area contributed by atoms with E-state index in [0.717, 1.165) is 13.0 Å². The van der Waals surface area contributed by atoms with Gasteiger partial charge in [-0.3, -0.25) is 4.98 Å². The van der Waals surface area contributed by atoms with E-state index in [2.05, 4.69) is 35.8 Å². The zero-order valence-electron chi connectivity index (χ0n) is 10.8. The number of hydrogen-bond donors (Lipinski definition) is 4. The molecule has 2 aromatic heterocycles. The first-order valence-electron chi connectivity index (χ1n) is 6.42. The van der Waals surface area contributed by atoms with E-state index in [1.807, 2.05) is 0 Å². The third-order valence-corrected chi connectivity index (χ3v) is 2.88. The van der Waals surface area contributed by atoms with Gasteiger partial charge < -0.3 is 15.4 Å². The first kappa shape index (κ1) is 12.5. The van der Waals surface area contributed by atoms with Gasteiger partial charge in [0.2, 0.25) is 5.75 Å². The van der Waals surface area contributed by atoms with Gasteiger partial charge >= 0.3 is 5.69 Å². The summed E-state index contributed by atoms with van der Waals surface area (Å²) in [7, 11) is 0. The van der Waals surface area contributed by atoms with Crippen LogP contribution in [0.4, 0.5) is 11.6 Å². The van der Waals surface area contributed by atoms with Gasteiger partial charge in [0.25, 0.3) is 0 Å². The van der Waals surface area contributed by atoms with Crippen molar-refractivity contribution in [2.24, 2.45) is 0 Å². The molecule has 0 aromatic carbocycles. The number of aryl methyl sites for hydroxylation is 1. The molecular weight excluding hydrogens is 262 g/mol. The van der Waals surface area contributed by atoms with Crippen LogP contribution in [0.3, 0.4) is 0 Å². The van der Waals surface area contributed by atoms with Crippen LogP contribution in [0.15, 0.2) is 11.1 Å². The van der Waals surface area contributed by atoms with E-state index in [9.17, 15) is 4.79 Å². The van der Waals surface area contributed by atoms with Crippen molar-refractivity contribution in [3.8, 4) is 5.75 Å². The SMILES string of the molecule is O=c1[nH]nc(CCCNc2ncnc3c2OCCN3)[nH]1. The molecule has 106 valence electrons. The highest BCUT2D eigenvalue weighted by Gasteiger charge is 2.16. The first-order valence-corrected chi connectivity index (χ1v) is 6.42. The Bertz CT molecular complexity index is 636. The average molecular weight is 277 g/mol. The average Bonchev–Trinajstić information content (AvgIpc) is 2.89. The topological polar surface area (TPSA) is 121 Å². The lowest BCUT2D eigenvalue weighted by atomic mass is 10.3. The molecule has 1 aliphatic heterocycles. The fourth-order valence-corrected chi connectivity index (χ4v) is 1.97. The number of rotatable bonds is 5. The van der Waals surface area contributed by atoms with Gasteiger partial charge in [0.15, 0.2) is 11.6 Å². The van der Waals surface area contributed by atoms with E-state index in [1.165, 1.54) is 6.33 Å². The molecule has 20 heavy (non-hydrogen) atoms. The normalized spacial score (nSPS) is 13.2. The monoisotopic (exact) mass is 277 g/mol. The predicted molar refractivity (Wildman–Crippen MR) is 72.0 cm³/mol. The molecule has 0 saturated carbocycles. The summed E-state index contributed by atoms with van der Waals surface area (Å²) in [6.45, 7) is 2.04. The molecule has 3 rings (SSSR count). The molecule has 0 saturated heterocycles. The predicted octanol–water partition coefficient (Wildman–Crippen LogP) is -0.263. The lowest BCUT2D eigenvalue weighted by molar-refractivity contribution is 0.321. The van der Waals surface area contributed by atoms with Crippen LogP contribution in [0.5, 0.6) is 5.75 Å². The van der Waals surface area contributed by atoms with Crippen LogP contribution in [-0.4, -0.2) is 44.8 Å². The van der Waals surface area contributed by atoms with Crippen LogP contribution in [0.25, 0.3) is 0 Å². The summed E-state index contributed by atoms with van der Waals surface area (Å²) in [5.74, 6) is 2.70. The minimum Gasteiger partial charge on any atom is -0.485 e. The van der Waals surface area contributed by atoms with Crippen LogP contribution in [0.1, 0.15) is 12.2 Å². The Labute approximate surface area is 114 Å². The molecule has 4 N–H and O–H groups in total. The van der Waals surface area contributed by atoms with Crippen LogP contribution in [0, 0.1) is 0 Å². The Kier molecular flexibility index (Phi) is 3.48. The van der Waals surface area contributed by atoms with Crippen molar-refractivity contribution in [2.45, 2.75) is 12.8 Å². The second-order valence-corrected chi connectivity index (χ2v) is 4.33. The van der Waals surface area contributed by atoms with E-state index < -0.39 is 0 Å². The van der Waals surface area contributed by atoms with Gasteiger partial charge in [-0.1, -0.05) is 0 Å². The highest BCUT2D eigenvalue weighted by Crippen LogP contribution is 2.30. The third-order valence-electron chi connectivity index (χ3n) is 2.88. The van der Waals surface area contributed by atoms with E-state index in [-0.39, 0.29) is 5.69 Å². The molecule has 9 heteroatoms. The van der Waals surface area contributed by atoms with Gasteiger partial charge in [0.1, 0.15) is 18.8 Å². The second kappa shape index (κ2) is 5.59. The quantitative estimate of drug-likeness (QED) is 0.555. The van der Waals surface area contributed by atoms with Crippen molar-refractivity contribution in [1.82, 2.24) is 25.1 Å². The highest BCUT2D eigenvalue weighted by atomic mass is 16.5. The lowest BCUT2D eigenvalue weighted by Crippen LogP contribution is -2.21. The number of aromatic nitrogens is 5. The zero-order chi connectivity index (χ0) is 13.8. The highest BCUT2D eigenvalue weighted by molar-refractivity contribution is 5.64. The number of hydrogen-bond acceptors (Lipinski definition) is 7. The summed E-state index contributed by atoms with van der Waals surface area (Å²) in [6.07, 6.45) is 2.99. The van der Waals surface area contributed by atoms with Crippen molar-refractivity contribution in [3.05, 3.63) is 22.6 Å². The van der Waals surface area contributed by atoms with E-state index >= 15 is 0 Å². The number of nitrogens with one attached hydrogen (secondary N) is 4. The summed E-state index contributed by atoms with van der Waals surface area (Å²) in [5, 5.41) is 12.5. The molecule has 9 nitrogen and oxygen atoms in total. The van der Waals surface area contributed by atoms with Crippen molar-refractivity contribution in [3.63, 3.8) is 0 Å². The minimum absolute atomic E-state index is 0.280. The maximum atomic E-state index is 10.9. The maximum Gasteiger partial charge on any atom is 0.340 e. The zero-order valence-corrected chi connectivity index (χ0v) is 10.8. The molecule has 2 aromatic rings. The van der Waals surface area contributed by atoms with Crippen LogP contribution >= 0.6 is 0 Å². The maximum absolute atomic E-state index is 10.9. The second-order valence-electron chi connectivity index (χ2n) is 4.33. The standard InChI is InChI=1S/C11H15N7O2/c19-11-16-7(17-18-11)2-1-3-12-9-8-10(15-6-14-9)13-4-5-20-8/h6H,1-5H2,(H2,12,13,14,15)(H2,16,17,18,19). The molecule has 0 aliphatic carbocycles. The summed E-state index contributed by atoms with van der Waals surface area (Å²) < 4.78 is 5.56. The smallest absolute Gasteiger partial charge is 0.340 e. The van der Waals surface area contributed by atoms with Crippen molar-refractivity contribution >= 4 is 11.6 Å². The van der Waals surface area contributed by atoms with Crippen LogP contribution in [-0.2, 0) is 6.42 Å². The number of fused-ring (bicyclic) bond motifs is 1. The molecule has 0 bridgehead atoms. The summed E-state index contributed by atoms with van der Waals surface area (Å²) in [4.78, 5) is 21.8. The molecule has 0 amide bonds. The number of anilines is 2. The summed E-state index contributed by atoms with van der Waals surface area (Å²) >= 11 is 0. The van der Waals surface area contributed by atoms with Gasteiger partial charge in [-0.2, -0.15) is 5.10 Å². The van der Waals surface area contributed by atoms with Gasteiger partial charge in [-0.25, -0.2) is 19.9 Å². The molecule has 1 aliphatic rings.